The van der Waals surface area contributed by atoms with Gasteiger partial charge in [0.2, 0.25) is 0 Å². The Labute approximate surface area is 145 Å². The van der Waals surface area contributed by atoms with Crippen LogP contribution in [-0.2, 0) is 0 Å². The molecule has 0 aliphatic carbocycles. The Balaban J connectivity index is 1.64. The molecule has 0 saturated carbocycles. The molecule has 2 amide bonds. The van der Waals surface area contributed by atoms with Gasteiger partial charge < -0.3 is 20.6 Å². The molecule has 1 aromatic carbocycles. The minimum Gasteiger partial charge on any atom is -0.386 e. The third-order valence-electron chi connectivity index (χ3n) is 4.97. The number of hydrogen-bond donors (Lipinski definition) is 3. The van der Waals surface area contributed by atoms with E-state index in [1.807, 2.05) is 37.3 Å². The van der Waals surface area contributed by atoms with Gasteiger partial charge in [-0.2, -0.15) is 0 Å². The smallest absolute Gasteiger partial charge is 0.315 e. The summed E-state index contributed by atoms with van der Waals surface area (Å²) in [6, 6.07) is 8.87. The third kappa shape index (κ3) is 5.80. The fraction of sp³-hybridized carbons (Fsp3) is 0.632. The van der Waals surface area contributed by atoms with Crippen LogP contribution in [0.4, 0.5) is 4.79 Å². The van der Waals surface area contributed by atoms with Crippen LogP contribution >= 0.6 is 0 Å². The Kier molecular flexibility index (Phi) is 7.53. The standard InChI is InChI=1S/C19H31N3O2/c1-3-22-13-10-16(11-14-22)9-12-20-19(24)21-15(2)18(23)17-7-5-4-6-8-17/h4-8,15-16,18,23H,3,9-14H2,1-2H3,(H2,20,21,24)/t15-,18-/m0/s1. The minimum absolute atomic E-state index is 0.205. The highest BCUT2D eigenvalue weighted by molar-refractivity contribution is 5.74. The van der Waals surface area contributed by atoms with Gasteiger partial charge in [0, 0.05) is 6.54 Å². The first kappa shape index (κ1) is 18.7. The number of benzene rings is 1. The summed E-state index contributed by atoms with van der Waals surface area (Å²) in [5.74, 6) is 0.709. The Morgan fingerprint density at radius 2 is 1.96 bits per heavy atom. The van der Waals surface area contributed by atoms with E-state index in [0.717, 1.165) is 18.5 Å². The number of amides is 2. The number of urea groups is 1. The molecule has 1 aliphatic rings. The zero-order valence-corrected chi connectivity index (χ0v) is 14.9. The van der Waals surface area contributed by atoms with E-state index in [-0.39, 0.29) is 12.1 Å². The summed E-state index contributed by atoms with van der Waals surface area (Å²) in [5.41, 5.74) is 0.813. The molecule has 1 heterocycles. The van der Waals surface area contributed by atoms with Crippen molar-refractivity contribution in [2.75, 3.05) is 26.2 Å². The maximum Gasteiger partial charge on any atom is 0.315 e. The first-order valence-corrected chi connectivity index (χ1v) is 9.10. The number of hydrogen-bond acceptors (Lipinski definition) is 3. The molecular weight excluding hydrogens is 302 g/mol. The molecule has 5 nitrogen and oxygen atoms in total. The molecule has 0 aromatic heterocycles. The molecule has 134 valence electrons. The van der Waals surface area contributed by atoms with E-state index < -0.39 is 6.10 Å². The number of aliphatic hydroxyl groups excluding tert-OH is 1. The fourth-order valence-corrected chi connectivity index (χ4v) is 3.26. The maximum absolute atomic E-state index is 12.0. The van der Waals surface area contributed by atoms with Crippen LogP contribution < -0.4 is 10.6 Å². The second-order valence-corrected chi connectivity index (χ2v) is 6.71. The highest BCUT2D eigenvalue weighted by Gasteiger charge is 2.19. The van der Waals surface area contributed by atoms with Crippen LogP contribution in [0.3, 0.4) is 0 Å². The van der Waals surface area contributed by atoms with Crippen molar-refractivity contribution >= 4 is 6.03 Å². The first-order chi connectivity index (χ1) is 11.6. The number of likely N-dealkylation sites (tertiary alicyclic amines) is 1. The van der Waals surface area contributed by atoms with E-state index in [1.165, 1.54) is 25.9 Å². The van der Waals surface area contributed by atoms with Gasteiger partial charge in [0.05, 0.1) is 12.1 Å². The molecule has 5 heteroatoms. The summed E-state index contributed by atoms with van der Waals surface area (Å²) < 4.78 is 0. The van der Waals surface area contributed by atoms with Gasteiger partial charge in [-0.25, -0.2) is 4.79 Å². The predicted molar refractivity (Wildman–Crippen MR) is 96.9 cm³/mol. The topological polar surface area (TPSA) is 64.6 Å². The van der Waals surface area contributed by atoms with Gasteiger partial charge in [-0.3, -0.25) is 0 Å². The van der Waals surface area contributed by atoms with Crippen LogP contribution in [0.25, 0.3) is 0 Å². The van der Waals surface area contributed by atoms with Gasteiger partial charge in [0.25, 0.3) is 0 Å². The van der Waals surface area contributed by atoms with Crippen molar-refractivity contribution in [3.05, 3.63) is 35.9 Å². The number of nitrogens with one attached hydrogen (secondary N) is 2. The highest BCUT2D eigenvalue weighted by Crippen LogP contribution is 2.19. The van der Waals surface area contributed by atoms with Crippen molar-refractivity contribution in [3.8, 4) is 0 Å². The van der Waals surface area contributed by atoms with Gasteiger partial charge in [-0.15, -0.1) is 0 Å². The van der Waals surface area contributed by atoms with E-state index in [1.54, 1.807) is 0 Å². The molecule has 24 heavy (non-hydrogen) atoms. The molecule has 2 rings (SSSR count). The van der Waals surface area contributed by atoms with Gasteiger partial charge in [0.15, 0.2) is 0 Å². The molecule has 0 spiro atoms. The SMILES string of the molecule is CCN1CCC(CCNC(=O)N[C@@H](C)[C@H](O)c2ccccc2)CC1. The lowest BCUT2D eigenvalue weighted by Crippen LogP contribution is -2.44. The van der Waals surface area contributed by atoms with Gasteiger partial charge >= 0.3 is 6.03 Å². The van der Waals surface area contributed by atoms with Crippen molar-refractivity contribution in [3.63, 3.8) is 0 Å². The quantitative estimate of drug-likeness (QED) is 0.718. The molecule has 1 fully saturated rings. The summed E-state index contributed by atoms with van der Waals surface area (Å²) in [5, 5.41) is 16.0. The second kappa shape index (κ2) is 9.64. The van der Waals surface area contributed by atoms with Crippen molar-refractivity contribution in [1.29, 1.82) is 0 Å². The van der Waals surface area contributed by atoms with Crippen LogP contribution in [0.15, 0.2) is 30.3 Å². The van der Waals surface area contributed by atoms with Gasteiger partial charge in [-0.05, 0) is 57.3 Å². The Hall–Kier alpha value is -1.59. The predicted octanol–water partition coefficient (Wildman–Crippen LogP) is 2.53. The molecule has 0 bridgehead atoms. The van der Waals surface area contributed by atoms with Crippen molar-refractivity contribution in [2.45, 2.75) is 45.3 Å². The number of nitrogens with zero attached hydrogens (tertiary/aromatic N) is 1. The number of carbonyl (C=O) groups is 1. The largest absolute Gasteiger partial charge is 0.386 e. The Bertz CT molecular complexity index is 487. The second-order valence-electron chi connectivity index (χ2n) is 6.71. The zero-order chi connectivity index (χ0) is 17.4. The van der Waals surface area contributed by atoms with Gasteiger partial charge in [-0.1, -0.05) is 37.3 Å². The summed E-state index contributed by atoms with van der Waals surface area (Å²) >= 11 is 0. The number of aliphatic hydroxyl groups is 1. The molecule has 1 saturated heterocycles. The lowest BCUT2D eigenvalue weighted by Gasteiger charge is -2.31. The van der Waals surface area contributed by atoms with E-state index in [9.17, 15) is 9.90 Å². The van der Waals surface area contributed by atoms with Crippen molar-refractivity contribution in [2.24, 2.45) is 5.92 Å². The lowest BCUT2D eigenvalue weighted by atomic mass is 9.93. The zero-order valence-electron chi connectivity index (χ0n) is 14.9. The van der Waals surface area contributed by atoms with Crippen LogP contribution in [0.2, 0.25) is 0 Å². The molecule has 0 unspecified atom stereocenters. The molecule has 3 N–H and O–H groups in total. The summed E-state index contributed by atoms with van der Waals surface area (Å²) in [6.45, 7) is 8.20. The molecule has 0 radical (unpaired) electrons. The monoisotopic (exact) mass is 333 g/mol. The van der Waals surface area contributed by atoms with E-state index in [2.05, 4.69) is 22.5 Å². The average molecular weight is 333 g/mol. The lowest BCUT2D eigenvalue weighted by molar-refractivity contribution is 0.137. The number of rotatable bonds is 7. The van der Waals surface area contributed by atoms with Crippen LogP contribution in [0, 0.1) is 5.92 Å². The van der Waals surface area contributed by atoms with E-state index >= 15 is 0 Å². The van der Waals surface area contributed by atoms with E-state index in [0.29, 0.717) is 12.5 Å². The van der Waals surface area contributed by atoms with Crippen molar-refractivity contribution in [1.82, 2.24) is 15.5 Å². The molecule has 2 atom stereocenters. The summed E-state index contributed by atoms with van der Waals surface area (Å²) in [4.78, 5) is 14.5. The fourth-order valence-electron chi connectivity index (χ4n) is 3.26. The molecule has 1 aromatic rings. The number of piperidine rings is 1. The Morgan fingerprint density at radius 1 is 1.29 bits per heavy atom. The minimum atomic E-state index is -0.699. The van der Waals surface area contributed by atoms with Crippen LogP contribution in [0.5, 0.6) is 0 Å². The van der Waals surface area contributed by atoms with Crippen LogP contribution in [0.1, 0.15) is 44.8 Å². The van der Waals surface area contributed by atoms with Crippen LogP contribution in [-0.4, -0.2) is 48.3 Å². The highest BCUT2D eigenvalue weighted by atomic mass is 16.3. The average Bonchev–Trinajstić information content (AvgIpc) is 2.62. The molecule has 1 aliphatic heterocycles. The third-order valence-corrected chi connectivity index (χ3v) is 4.97. The number of carbonyl (C=O) groups excluding carboxylic acids is 1. The summed E-state index contributed by atoms with van der Waals surface area (Å²) in [7, 11) is 0. The van der Waals surface area contributed by atoms with Gasteiger partial charge in [0.1, 0.15) is 0 Å². The van der Waals surface area contributed by atoms with Crippen molar-refractivity contribution < 1.29 is 9.90 Å². The maximum atomic E-state index is 12.0. The van der Waals surface area contributed by atoms with E-state index in [4.69, 9.17) is 0 Å². The molecular formula is C19H31N3O2. The Morgan fingerprint density at radius 3 is 2.58 bits per heavy atom. The normalized spacial score (nSPS) is 18.8. The first-order valence-electron chi connectivity index (χ1n) is 9.10. The summed E-state index contributed by atoms with van der Waals surface area (Å²) in [6.07, 6.45) is 2.77.